The predicted molar refractivity (Wildman–Crippen MR) is 81.7 cm³/mol. The second-order valence-corrected chi connectivity index (χ2v) is 6.69. The van der Waals surface area contributed by atoms with Crippen LogP contribution in [0, 0.1) is 0 Å². The van der Waals surface area contributed by atoms with Gasteiger partial charge in [-0.3, -0.25) is 0 Å². The zero-order valence-corrected chi connectivity index (χ0v) is 12.9. The van der Waals surface area contributed by atoms with Crippen molar-refractivity contribution in [3.63, 3.8) is 0 Å². The molecule has 2 heterocycles. The molecule has 20 heavy (non-hydrogen) atoms. The van der Waals surface area contributed by atoms with Gasteiger partial charge in [-0.05, 0) is 18.8 Å². The lowest BCUT2D eigenvalue weighted by Gasteiger charge is -2.21. The summed E-state index contributed by atoms with van der Waals surface area (Å²) in [5.41, 5.74) is 3.92. The van der Waals surface area contributed by atoms with Crippen molar-refractivity contribution in [3.05, 3.63) is 22.8 Å². The maximum absolute atomic E-state index is 4.99. The quantitative estimate of drug-likeness (QED) is 0.884. The van der Waals surface area contributed by atoms with E-state index in [0.29, 0.717) is 11.8 Å². The summed E-state index contributed by atoms with van der Waals surface area (Å²) >= 11 is 0. The second-order valence-electron chi connectivity index (χ2n) is 6.69. The number of rotatable bonds is 2. The van der Waals surface area contributed by atoms with E-state index in [0.717, 1.165) is 18.9 Å². The Morgan fingerprint density at radius 1 is 0.950 bits per heavy atom. The largest absolute Gasteiger partial charge is 0.307 e. The molecule has 0 amide bonds. The monoisotopic (exact) mass is 273 g/mol. The van der Waals surface area contributed by atoms with Crippen LogP contribution < -0.4 is 5.32 Å². The predicted octanol–water partition coefficient (Wildman–Crippen LogP) is 4.03. The van der Waals surface area contributed by atoms with Crippen molar-refractivity contribution in [2.24, 2.45) is 0 Å². The standard InChI is InChI=1S/C17H27N3/c1-12(2)16-14-10-18-11-15(14)19-17(20-16)13-8-6-4-3-5-7-9-13/h12-13,18H,3-11H2,1-2H3. The van der Waals surface area contributed by atoms with Crippen LogP contribution in [0.4, 0.5) is 0 Å². The van der Waals surface area contributed by atoms with Crippen LogP contribution in [0.1, 0.15) is 93.4 Å². The van der Waals surface area contributed by atoms with Crippen molar-refractivity contribution >= 4 is 0 Å². The SMILES string of the molecule is CC(C)c1nc(C2CCCCCCC2)nc2c1CNC2. The third kappa shape index (κ3) is 2.88. The zero-order chi connectivity index (χ0) is 13.9. The van der Waals surface area contributed by atoms with Crippen molar-refractivity contribution in [2.75, 3.05) is 0 Å². The minimum absolute atomic E-state index is 0.499. The Labute approximate surface area is 122 Å². The van der Waals surface area contributed by atoms with Crippen LogP contribution in [0.5, 0.6) is 0 Å². The van der Waals surface area contributed by atoms with E-state index in [1.165, 1.54) is 61.9 Å². The van der Waals surface area contributed by atoms with Crippen LogP contribution in [0.15, 0.2) is 0 Å². The van der Waals surface area contributed by atoms with Crippen LogP contribution in [-0.2, 0) is 13.1 Å². The van der Waals surface area contributed by atoms with Gasteiger partial charge in [-0.15, -0.1) is 0 Å². The molecule has 2 aliphatic rings. The maximum Gasteiger partial charge on any atom is 0.132 e. The first-order chi connectivity index (χ1) is 9.75. The van der Waals surface area contributed by atoms with Crippen LogP contribution >= 0.6 is 0 Å². The Morgan fingerprint density at radius 2 is 1.65 bits per heavy atom. The number of hydrogen-bond donors (Lipinski definition) is 1. The molecule has 0 spiro atoms. The lowest BCUT2D eigenvalue weighted by molar-refractivity contribution is 0.440. The minimum atomic E-state index is 0.499. The smallest absolute Gasteiger partial charge is 0.132 e. The molecule has 110 valence electrons. The molecule has 0 saturated heterocycles. The summed E-state index contributed by atoms with van der Waals surface area (Å²) in [5.74, 6) is 2.23. The van der Waals surface area contributed by atoms with Crippen molar-refractivity contribution in [3.8, 4) is 0 Å². The highest BCUT2D eigenvalue weighted by Crippen LogP contribution is 2.32. The normalized spacial score (nSPS) is 20.8. The molecule has 1 fully saturated rings. The molecule has 0 atom stereocenters. The van der Waals surface area contributed by atoms with Gasteiger partial charge in [0.15, 0.2) is 0 Å². The zero-order valence-electron chi connectivity index (χ0n) is 12.9. The Morgan fingerprint density at radius 3 is 2.35 bits per heavy atom. The number of nitrogens with zero attached hydrogens (tertiary/aromatic N) is 2. The van der Waals surface area contributed by atoms with E-state index < -0.39 is 0 Å². The van der Waals surface area contributed by atoms with Gasteiger partial charge < -0.3 is 5.32 Å². The third-order valence-corrected chi connectivity index (χ3v) is 4.75. The first-order valence-electron chi connectivity index (χ1n) is 8.36. The Bertz CT molecular complexity index is 460. The topological polar surface area (TPSA) is 37.8 Å². The first kappa shape index (κ1) is 14.0. The van der Waals surface area contributed by atoms with Crippen molar-refractivity contribution in [2.45, 2.75) is 83.7 Å². The summed E-state index contributed by atoms with van der Waals surface area (Å²) in [7, 11) is 0. The molecular weight excluding hydrogens is 246 g/mol. The van der Waals surface area contributed by atoms with E-state index in [1.54, 1.807) is 0 Å². The van der Waals surface area contributed by atoms with E-state index in [1.807, 2.05) is 0 Å². The highest BCUT2D eigenvalue weighted by atomic mass is 15.0. The average molecular weight is 273 g/mol. The van der Waals surface area contributed by atoms with Crippen molar-refractivity contribution < 1.29 is 0 Å². The van der Waals surface area contributed by atoms with Gasteiger partial charge in [0, 0.05) is 24.6 Å². The van der Waals surface area contributed by atoms with Gasteiger partial charge in [0.05, 0.1) is 11.4 Å². The molecule has 3 nitrogen and oxygen atoms in total. The molecule has 3 rings (SSSR count). The van der Waals surface area contributed by atoms with E-state index >= 15 is 0 Å². The van der Waals surface area contributed by atoms with Crippen LogP contribution in [0.25, 0.3) is 0 Å². The Hall–Kier alpha value is -0.960. The van der Waals surface area contributed by atoms with E-state index in [4.69, 9.17) is 9.97 Å². The molecule has 1 N–H and O–H groups in total. The summed E-state index contributed by atoms with van der Waals surface area (Å²) in [6.07, 6.45) is 9.45. The van der Waals surface area contributed by atoms with E-state index in [-0.39, 0.29) is 0 Å². The number of nitrogens with one attached hydrogen (secondary N) is 1. The molecule has 0 bridgehead atoms. The summed E-state index contributed by atoms with van der Waals surface area (Å²) < 4.78 is 0. The highest BCUT2D eigenvalue weighted by molar-refractivity contribution is 5.31. The molecule has 1 aliphatic carbocycles. The van der Waals surface area contributed by atoms with E-state index in [2.05, 4.69) is 19.2 Å². The van der Waals surface area contributed by atoms with Crippen molar-refractivity contribution in [1.82, 2.24) is 15.3 Å². The summed E-state index contributed by atoms with van der Waals surface area (Å²) in [6.45, 7) is 6.39. The minimum Gasteiger partial charge on any atom is -0.307 e. The van der Waals surface area contributed by atoms with E-state index in [9.17, 15) is 0 Å². The third-order valence-electron chi connectivity index (χ3n) is 4.75. The molecule has 3 heteroatoms. The van der Waals surface area contributed by atoms with Gasteiger partial charge in [0.1, 0.15) is 5.82 Å². The molecule has 0 unspecified atom stereocenters. The molecule has 1 saturated carbocycles. The maximum atomic E-state index is 4.99. The fourth-order valence-electron chi connectivity index (χ4n) is 3.59. The Balaban J connectivity index is 1.90. The van der Waals surface area contributed by atoms with Gasteiger partial charge in [0.25, 0.3) is 0 Å². The van der Waals surface area contributed by atoms with Gasteiger partial charge in [-0.1, -0.05) is 46.0 Å². The second kappa shape index (κ2) is 6.21. The molecule has 0 radical (unpaired) electrons. The Kier molecular flexibility index (Phi) is 4.35. The van der Waals surface area contributed by atoms with Gasteiger partial charge in [-0.2, -0.15) is 0 Å². The lowest BCUT2D eigenvalue weighted by atomic mass is 9.90. The number of fused-ring (bicyclic) bond motifs is 1. The molecular formula is C17H27N3. The van der Waals surface area contributed by atoms with Crippen LogP contribution in [-0.4, -0.2) is 9.97 Å². The highest BCUT2D eigenvalue weighted by Gasteiger charge is 2.24. The molecule has 0 aromatic carbocycles. The average Bonchev–Trinajstić information content (AvgIpc) is 2.85. The number of hydrogen-bond acceptors (Lipinski definition) is 3. The summed E-state index contributed by atoms with van der Waals surface area (Å²) in [6, 6.07) is 0. The molecule has 1 aromatic rings. The van der Waals surface area contributed by atoms with Gasteiger partial charge in [-0.25, -0.2) is 9.97 Å². The van der Waals surface area contributed by atoms with Gasteiger partial charge >= 0.3 is 0 Å². The summed E-state index contributed by atoms with van der Waals surface area (Å²) in [5, 5.41) is 3.43. The van der Waals surface area contributed by atoms with Crippen LogP contribution in [0.3, 0.4) is 0 Å². The molecule has 1 aliphatic heterocycles. The molecule has 1 aromatic heterocycles. The summed E-state index contributed by atoms with van der Waals surface area (Å²) in [4.78, 5) is 9.91. The van der Waals surface area contributed by atoms with Crippen LogP contribution in [0.2, 0.25) is 0 Å². The first-order valence-corrected chi connectivity index (χ1v) is 8.36. The number of aromatic nitrogens is 2. The van der Waals surface area contributed by atoms with Gasteiger partial charge in [0.2, 0.25) is 0 Å². The fraction of sp³-hybridized carbons (Fsp3) is 0.765. The fourth-order valence-corrected chi connectivity index (χ4v) is 3.59. The lowest BCUT2D eigenvalue weighted by Crippen LogP contribution is -2.12. The van der Waals surface area contributed by atoms with Crippen molar-refractivity contribution in [1.29, 1.82) is 0 Å².